The average molecular weight is 228 g/mol. The molecule has 1 fully saturated rings. The van der Waals surface area contributed by atoms with Crippen LogP contribution < -0.4 is 0 Å². The molecular formula is C12H20O4. The summed E-state index contributed by atoms with van der Waals surface area (Å²) in [5.74, 6) is -0.775. The minimum absolute atomic E-state index is 0.0157. The highest BCUT2D eigenvalue weighted by Gasteiger charge is 2.38. The van der Waals surface area contributed by atoms with Crippen LogP contribution in [0.5, 0.6) is 0 Å². The van der Waals surface area contributed by atoms with Gasteiger partial charge in [0.2, 0.25) is 0 Å². The Balaban J connectivity index is 2.07. The van der Waals surface area contributed by atoms with E-state index in [4.69, 9.17) is 5.11 Å². The van der Waals surface area contributed by atoms with Crippen molar-refractivity contribution in [1.82, 2.24) is 0 Å². The summed E-state index contributed by atoms with van der Waals surface area (Å²) in [6.07, 6.45) is 5.90. The van der Waals surface area contributed by atoms with Crippen molar-refractivity contribution in [2.24, 2.45) is 0 Å². The fraction of sp³-hybridized carbons (Fsp3) is 0.833. The normalized spacial score (nSPS) is 24.9. The van der Waals surface area contributed by atoms with E-state index in [1.54, 1.807) is 0 Å². The molecule has 0 spiro atoms. The largest absolute Gasteiger partial charge is 0.481 e. The van der Waals surface area contributed by atoms with Crippen LogP contribution in [0.2, 0.25) is 0 Å². The molecule has 0 aromatic carbocycles. The lowest BCUT2D eigenvalue weighted by Gasteiger charge is -2.19. The van der Waals surface area contributed by atoms with Crippen LogP contribution in [-0.2, 0) is 9.59 Å². The molecular weight excluding hydrogens is 208 g/mol. The lowest BCUT2D eigenvalue weighted by Crippen LogP contribution is -2.33. The molecule has 4 nitrogen and oxygen atoms in total. The van der Waals surface area contributed by atoms with Gasteiger partial charge in [0.15, 0.2) is 5.78 Å². The second kappa shape index (κ2) is 5.99. The molecule has 0 aliphatic heterocycles. The van der Waals surface area contributed by atoms with Crippen LogP contribution in [0.25, 0.3) is 0 Å². The van der Waals surface area contributed by atoms with Gasteiger partial charge in [-0.1, -0.05) is 19.3 Å². The Hall–Kier alpha value is -0.900. The summed E-state index contributed by atoms with van der Waals surface area (Å²) in [5.41, 5.74) is -1.06. The number of ketones is 1. The maximum Gasteiger partial charge on any atom is 0.303 e. The van der Waals surface area contributed by atoms with Crippen LogP contribution in [-0.4, -0.2) is 27.6 Å². The van der Waals surface area contributed by atoms with Crippen LogP contribution in [0.1, 0.15) is 57.8 Å². The molecule has 0 radical (unpaired) electrons. The van der Waals surface area contributed by atoms with Crippen LogP contribution in [0.15, 0.2) is 0 Å². The summed E-state index contributed by atoms with van der Waals surface area (Å²) >= 11 is 0. The zero-order chi connectivity index (χ0) is 12.0. The highest BCUT2D eigenvalue weighted by Crippen LogP contribution is 2.30. The Kier molecular flexibility index (Phi) is 4.93. The molecule has 0 aromatic heterocycles. The Morgan fingerprint density at radius 3 is 2.50 bits per heavy atom. The van der Waals surface area contributed by atoms with Gasteiger partial charge in [0, 0.05) is 12.8 Å². The lowest BCUT2D eigenvalue weighted by atomic mass is 9.93. The Labute approximate surface area is 95.7 Å². The maximum absolute atomic E-state index is 11.4. The first-order valence-electron chi connectivity index (χ1n) is 6.02. The van der Waals surface area contributed by atoms with E-state index in [1.165, 1.54) is 0 Å². The molecule has 0 aromatic rings. The van der Waals surface area contributed by atoms with Crippen molar-refractivity contribution in [3.8, 4) is 0 Å². The van der Waals surface area contributed by atoms with E-state index in [9.17, 15) is 14.7 Å². The van der Waals surface area contributed by atoms with Crippen LogP contribution in [0, 0.1) is 0 Å². The van der Waals surface area contributed by atoms with Crippen molar-refractivity contribution in [2.45, 2.75) is 63.4 Å². The molecule has 16 heavy (non-hydrogen) atoms. The van der Waals surface area contributed by atoms with Crippen molar-refractivity contribution in [3.05, 3.63) is 0 Å². The second-order valence-electron chi connectivity index (χ2n) is 4.62. The van der Waals surface area contributed by atoms with Gasteiger partial charge in [0.1, 0.15) is 5.60 Å². The van der Waals surface area contributed by atoms with Crippen molar-refractivity contribution in [3.63, 3.8) is 0 Å². The van der Waals surface area contributed by atoms with Gasteiger partial charge in [-0.05, 0) is 25.7 Å². The third-order valence-electron chi connectivity index (χ3n) is 3.24. The summed E-state index contributed by atoms with van der Waals surface area (Å²) in [4.78, 5) is 21.6. The van der Waals surface area contributed by atoms with Crippen LogP contribution in [0.4, 0.5) is 0 Å². The predicted molar refractivity (Wildman–Crippen MR) is 59.1 cm³/mol. The van der Waals surface area contributed by atoms with E-state index < -0.39 is 11.6 Å². The smallest absolute Gasteiger partial charge is 0.303 e. The first kappa shape index (κ1) is 13.2. The number of rotatable bonds is 7. The summed E-state index contributed by atoms with van der Waals surface area (Å²) in [6, 6.07) is 0. The van der Waals surface area contributed by atoms with Gasteiger partial charge in [-0.25, -0.2) is 0 Å². The number of carbonyl (C=O) groups is 2. The van der Waals surface area contributed by atoms with Crippen LogP contribution >= 0.6 is 0 Å². The number of carboxylic acid groups (broad SMARTS) is 1. The molecule has 0 heterocycles. The molecule has 0 amide bonds. The summed E-state index contributed by atoms with van der Waals surface area (Å²) < 4.78 is 0. The number of aliphatic carboxylic acids is 1. The maximum atomic E-state index is 11.4. The number of unbranched alkanes of at least 4 members (excludes halogenated alkanes) is 3. The standard InChI is InChI=1S/C12H20O4/c13-10-6-5-9-12(10,16)8-4-2-1-3-7-11(14)15/h16H,1-9H2,(H,14,15). The predicted octanol–water partition coefficient (Wildman–Crippen LogP) is 1.90. The lowest BCUT2D eigenvalue weighted by molar-refractivity contribution is -0.137. The number of hydrogen-bond donors (Lipinski definition) is 2. The Morgan fingerprint density at radius 2 is 1.94 bits per heavy atom. The van der Waals surface area contributed by atoms with E-state index in [1.807, 2.05) is 0 Å². The molecule has 0 bridgehead atoms. The minimum Gasteiger partial charge on any atom is -0.481 e. The van der Waals surface area contributed by atoms with Gasteiger partial charge in [-0.2, -0.15) is 0 Å². The van der Waals surface area contributed by atoms with Crippen molar-refractivity contribution in [1.29, 1.82) is 0 Å². The monoisotopic (exact) mass is 228 g/mol. The number of carbonyl (C=O) groups excluding carboxylic acids is 1. The fourth-order valence-corrected chi connectivity index (χ4v) is 2.23. The number of aliphatic hydroxyl groups is 1. The number of carboxylic acids is 1. The van der Waals surface area contributed by atoms with Crippen molar-refractivity contribution >= 4 is 11.8 Å². The minimum atomic E-state index is -1.06. The molecule has 1 saturated carbocycles. The molecule has 0 saturated heterocycles. The SMILES string of the molecule is O=C(O)CCCCCCC1(O)CCCC1=O. The summed E-state index contributed by atoms with van der Waals surface area (Å²) in [7, 11) is 0. The summed E-state index contributed by atoms with van der Waals surface area (Å²) in [5, 5.41) is 18.4. The second-order valence-corrected chi connectivity index (χ2v) is 4.62. The van der Waals surface area contributed by atoms with Crippen molar-refractivity contribution < 1.29 is 19.8 Å². The van der Waals surface area contributed by atoms with Gasteiger partial charge in [0.25, 0.3) is 0 Å². The first-order valence-corrected chi connectivity index (χ1v) is 6.02. The van der Waals surface area contributed by atoms with Gasteiger partial charge in [-0.3, -0.25) is 9.59 Å². The molecule has 4 heteroatoms. The average Bonchev–Trinajstić information content (AvgIpc) is 2.53. The third kappa shape index (κ3) is 3.93. The van der Waals surface area contributed by atoms with E-state index >= 15 is 0 Å². The third-order valence-corrected chi connectivity index (χ3v) is 3.24. The van der Waals surface area contributed by atoms with Crippen LogP contribution in [0.3, 0.4) is 0 Å². The molecule has 1 aliphatic rings. The molecule has 92 valence electrons. The zero-order valence-electron chi connectivity index (χ0n) is 9.57. The van der Waals surface area contributed by atoms with Gasteiger partial charge in [-0.15, -0.1) is 0 Å². The Bertz CT molecular complexity index is 262. The molecule has 2 N–H and O–H groups in total. The molecule has 1 rings (SSSR count). The zero-order valence-corrected chi connectivity index (χ0v) is 9.57. The van der Waals surface area contributed by atoms with E-state index in [-0.39, 0.29) is 12.2 Å². The van der Waals surface area contributed by atoms with Gasteiger partial charge in [0.05, 0.1) is 0 Å². The topological polar surface area (TPSA) is 74.6 Å². The fourth-order valence-electron chi connectivity index (χ4n) is 2.23. The number of hydrogen-bond acceptors (Lipinski definition) is 3. The molecule has 1 unspecified atom stereocenters. The number of Topliss-reactive ketones (excluding diaryl/α,β-unsaturated/α-hetero) is 1. The highest BCUT2D eigenvalue weighted by atomic mass is 16.4. The first-order chi connectivity index (χ1) is 7.54. The molecule has 1 atom stereocenters. The molecule has 1 aliphatic carbocycles. The Morgan fingerprint density at radius 1 is 1.25 bits per heavy atom. The van der Waals surface area contributed by atoms with Gasteiger partial charge < -0.3 is 10.2 Å². The van der Waals surface area contributed by atoms with Crippen molar-refractivity contribution in [2.75, 3.05) is 0 Å². The van der Waals surface area contributed by atoms with E-state index in [0.717, 1.165) is 25.7 Å². The van der Waals surface area contributed by atoms with E-state index in [2.05, 4.69) is 0 Å². The van der Waals surface area contributed by atoms with E-state index in [0.29, 0.717) is 25.7 Å². The van der Waals surface area contributed by atoms with Gasteiger partial charge >= 0.3 is 5.97 Å². The quantitative estimate of drug-likeness (QED) is 0.652. The highest BCUT2D eigenvalue weighted by molar-refractivity contribution is 5.88. The summed E-state index contributed by atoms with van der Waals surface area (Å²) in [6.45, 7) is 0.